The molecule has 6 heteroatoms. The number of amides is 1. The van der Waals surface area contributed by atoms with E-state index in [9.17, 15) is 4.79 Å². The number of rotatable bonds is 6. The van der Waals surface area contributed by atoms with E-state index in [4.69, 9.17) is 4.74 Å². The fraction of sp³-hybridized carbons (Fsp3) is 0.733. The number of ether oxygens (including phenoxy) is 1. The van der Waals surface area contributed by atoms with Crippen molar-refractivity contribution in [3.63, 3.8) is 0 Å². The zero-order chi connectivity index (χ0) is 16.0. The number of aryl methyl sites for hydroxylation is 2. The average molecular weight is 296 g/mol. The van der Waals surface area contributed by atoms with Crippen LogP contribution in [0.4, 0.5) is 4.79 Å². The molecule has 0 aliphatic heterocycles. The normalized spacial score (nSPS) is 13.0. The van der Waals surface area contributed by atoms with Gasteiger partial charge in [-0.05, 0) is 34.1 Å². The summed E-state index contributed by atoms with van der Waals surface area (Å²) in [5, 5.41) is 10.6. The summed E-state index contributed by atoms with van der Waals surface area (Å²) in [7, 11) is 1.93. The van der Waals surface area contributed by atoms with Crippen LogP contribution in [0.25, 0.3) is 0 Å². The Hall–Kier alpha value is -1.56. The van der Waals surface area contributed by atoms with Crippen LogP contribution in [0.2, 0.25) is 0 Å². The van der Waals surface area contributed by atoms with Gasteiger partial charge in [0.05, 0.1) is 5.69 Å². The molecule has 0 saturated heterocycles. The lowest BCUT2D eigenvalue weighted by Gasteiger charge is -2.21. The third-order valence-corrected chi connectivity index (χ3v) is 2.92. The molecule has 2 N–H and O–H groups in total. The van der Waals surface area contributed by atoms with Crippen molar-refractivity contribution in [3.05, 3.63) is 17.5 Å². The second kappa shape index (κ2) is 7.45. The highest BCUT2D eigenvalue weighted by Gasteiger charge is 2.16. The van der Waals surface area contributed by atoms with Gasteiger partial charge in [0.25, 0.3) is 0 Å². The average Bonchev–Trinajstić information content (AvgIpc) is 2.72. The van der Waals surface area contributed by atoms with Gasteiger partial charge in [-0.2, -0.15) is 5.10 Å². The SMILES string of the molecule is CCc1nn(C)cc1CNC(C)CNC(=O)OC(C)(C)C. The number of hydrogen-bond donors (Lipinski definition) is 2. The summed E-state index contributed by atoms with van der Waals surface area (Å²) in [6.45, 7) is 10.9. The summed E-state index contributed by atoms with van der Waals surface area (Å²) >= 11 is 0. The Morgan fingerprint density at radius 2 is 2.14 bits per heavy atom. The lowest BCUT2D eigenvalue weighted by molar-refractivity contribution is 0.0523. The molecule has 120 valence electrons. The molecule has 0 spiro atoms. The van der Waals surface area contributed by atoms with Crippen molar-refractivity contribution in [3.8, 4) is 0 Å². The first-order valence-corrected chi connectivity index (χ1v) is 7.43. The van der Waals surface area contributed by atoms with E-state index in [-0.39, 0.29) is 12.1 Å². The maximum Gasteiger partial charge on any atom is 0.407 e. The van der Waals surface area contributed by atoms with Crippen molar-refractivity contribution >= 4 is 6.09 Å². The molecule has 1 aromatic heterocycles. The smallest absolute Gasteiger partial charge is 0.407 e. The monoisotopic (exact) mass is 296 g/mol. The highest BCUT2D eigenvalue weighted by atomic mass is 16.6. The van der Waals surface area contributed by atoms with Crippen LogP contribution in [0.1, 0.15) is 45.9 Å². The van der Waals surface area contributed by atoms with Gasteiger partial charge in [-0.1, -0.05) is 6.92 Å². The first kappa shape index (κ1) is 17.5. The van der Waals surface area contributed by atoms with E-state index in [0.717, 1.165) is 18.7 Å². The maximum absolute atomic E-state index is 11.6. The van der Waals surface area contributed by atoms with Crippen LogP contribution < -0.4 is 10.6 Å². The predicted octanol–water partition coefficient (Wildman–Crippen LogP) is 1.99. The van der Waals surface area contributed by atoms with Gasteiger partial charge in [-0.25, -0.2) is 4.79 Å². The number of carbonyl (C=O) groups is 1. The van der Waals surface area contributed by atoms with Crippen molar-refractivity contribution in [1.82, 2.24) is 20.4 Å². The quantitative estimate of drug-likeness (QED) is 0.842. The number of nitrogens with zero attached hydrogens (tertiary/aromatic N) is 2. The Labute approximate surface area is 127 Å². The van der Waals surface area contributed by atoms with Crippen LogP contribution >= 0.6 is 0 Å². The van der Waals surface area contributed by atoms with Gasteiger partial charge in [-0.3, -0.25) is 4.68 Å². The van der Waals surface area contributed by atoms with Crippen LogP contribution in [-0.4, -0.2) is 34.1 Å². The molecule has 1 amide bonds. The zero-order valence-electron chi connectivity index (χ0n) is 14.0. The first-order chi connectivity index (χ1) is 9.71. The van der Waals surface area contributed by atoms with Gasteiger partial charge in [0.1, 0.15) is 5.60 Å². The molecule has 0 aliphatic carbocycles. The first-order valence-electron chi connectivity index (χ1n) is 7.43. The lowest BCUT2D eigenvalue weighted by atomic mass is 10.2. The summed E-state index contributed by atoms with van der Waals surface area (Å²) in [5.74, 6) is 0. The number of aromatic nitrogens is 2. The highest BCUT2D eigenvalue weighted by molar-refractivity contribution is 5.67. The molecule has 1 atom stereocenters. The van der Waals surface area contributed by atoms with Crippen LogP contribution in [0.5, 0.6) is 0 Å². The summed E-state index contributed by atoms with van der Waals surface area (Å²) in [6.07, 6.45) is 2.56. The maximum atomic E-state index is 11.6. The molecular weight excluding hydrogens is 268 g/mol. The summed E-state index contributed by atoms with van der Waals surface area (Å²) in [4.78, 5) is 11.6. The van der Waals surface area contributed by atoms with Crippen LogP contribution in [0.15, 0.2) is 6.20 Å². The summed E-state index contributed by atoms with van der Waals surface area (Å²) in [6, 6.07) is 0.155. The summed E-state index contributed by atoms with van der Waals surface area (Å²) < 4.78 is 7.03. The molecule has 0 radical (unpaired) electrons. The molecule has 6 nitrogen and oxygen atoms in total. The molecule has 0 bridgehead atoms. The Morgan fingerprint density at radius 1 is 1.48 bits per heavy atom. The fourth-order valence-corrected chi connectivity index (χ4v) is 1.94. The van der Waals surface area contributed by atoms with Gasteiger partial charge >= 0.3 is 6.09 Å². The van der Waals surface area contributed by atoms with E-state index in [0.29, 0.717) is 6.54 Å². The molecule has 1 heterocycles. The Kier molecular flexibility index (Phi) is 6.20. The van der Waals surface area contributed by atoms with E-state index in [1.807, 2.05) is 45.6 Å². The van der Waals surface area contributed by atoms with Crippen molar-refractivity contribution in [2.24, 2.45) is 7.05 Å². The van der Waals surface area contributed by atoms with Crippen LogP contribution in [0, 0.1) is 0 Å². The Bertz CT molecular complexity index is 463. The van der Waals surface area contributed by atoms with Crippen molar-refractivity contribution in [2.75, 3.05) is 6.54 Å². The van der Waals surface area contributed by atoms with Gasteiger partial charge in [0.2, 0.25) is 0 Å². The molecular formula is C15H28N4O2. The number of alkyl carbamates (subject to hydrolysis) is 1. The number of carbonyl (C=O) groups excluding carboxylic acids is 1. The van der Waals surface area contributed by atoms with Gasteiger partial charge in [0.15, 0.2) is 0 Å². The molecule has 21 heavy (non-hydrogen) atoms. The van der Waals surface area contributed by atoms with Crippen LogP contribution in [-0.2, 0) is 24.8 Å². The molecule has 1 aromatic rings. The largest absolute Gasteiger partial charge is 0.444 e. The van der Waals surface area contributed by atoms with Gasteiger partial charge in [-0.15, -0.1) is 0 Å². The van der Waals surface area contributed by atoms with E-state index >= 15 is 0 Å². The molecule has 1 unspecified atom stereocenters. The van der Waals surface area contributed by atoms with E-state index in [2.05, 4.69) is 22.7 Å². The minimum Gasteiger partial charge on any atom is -0.444 e. The number of hydrogen-bond acceptors (Lipinski definition) is 4. The van der Waals surface area contributed by atoms with E-state index < -0.39 is 5.60 Å². The molecule has 0 aliphatic rings. The molecule has 0 saturated carbocycles. The lowest BCUT2D eigenvalue weighted by Crippen LogP contribution is -2.41. The molecule has 0 fully saturated rings. The second-order valence-corrected chi connectivity index (χ2v) is 6.29. The van der Waals surface area contributed by atoms with Crippen molar-refractivity contribution in [2.45, 2.75) is 59.2 Å². The number of nitrogens with one attached hydrogen (secondary N) is 2. The van der Waals surface area contributed by atoms with E-state index in [1.54, 1.807) is 0 Å². The zero-order valence-corrected chi connectivity index (χ0v) is 14.0. The predicted molar refractivity (Wildman–Crippen MR) is 83.1 cm³/mol. The van der Waals surface area contributed by atoms with Crippen molar-refractivity contribution < 1.29 is 9.53 Å². The molecule has 1 rings (SSSR count). The van der Waals surface area contributed by atoms with Gasteiger partial charge < -0.3 is 15.4 Å². The topological polar surface area (TPSA) is 68.2 Å². The van der Waals surface area contributed by atoms with E-state index in [1.165, 1.54) is 5.56 Å². The minimum atomic E-state index is -0.466. The highest BCUT2D eigenvalue weighted by Crippen LogP contribution is 2.07. The minimum absolute atomic E-state index is 0.155. The second-order valence-electron chi connectivity index (χ2n) is 6.29. The Morgan fingerprint density at radius 3 is 2.71 bits per heavy atom. The van der Waals surface area contributed by atoms with Crippen LogP contribution in [0.3, 0.4) is 0 Å². The van der Waals surface area contributed by atoms with Gasteiger partial charge in [0, 0.05) is 37.9 Å². The third-order valence-electron chi connectivity index (χ3n) is 2.92. The molecule has 0 aromatic carbocycles. The van der Waals surface area contributed by atoms with Crippen molar-refractivity contribution in [1.29, 1.82) is 0 Å². The third kappa shape index (κ3) is 6.62. The summed E-state index contributed by atoms with van der Waals surface area (Å²) in [5.41, 5.74) is 1.84. The Balaban J connectivity index is 2.34. The fourth-order valence-electron chi connectivity index (χ4n) is 1.94. The standard InChI is InChI=1S/C15H28N4O2/c1-7-13-12(10-19(6)18-13)9-16-11(2)8-17-14(20)21-15(3,4)5/h10-11,16H,7-9H2,1-6H3,(H,17,20).